The molecular weight excluding hydrogens is 284 g/mol. The van der Waals surface area contributed by atoms with Gasteiger partial charge >= 0.3 is 0 Å². The van der Waals surface area contributed by atoms with Crippen LogP contribution in [0.4, 0.5) is 0 Å². The zero-order valence-electron chi connectivity index (χ0n) is 12.3. The average molecular weight is 302 g/mol. The van der Waals surface area contributed by atoms with Gasteiger partial charge < -0.3 is 10.5 Å². The molecule has 0 radical (unpaired) electrons. The van der Waals surface area contributed by atoms with Gasteiger partial charge in [-0.1, -0.05) is 12.1 Å². The SMILES string of the molecule is CC(C)Oc1ccccc1-c1csc2nnc(C(C)N)n12. The van der Waals surface area contributed by atoms with Gasteiger partial charge in [0.1, 0.15) is 5.75 Å². The van der Waals surface area contributed by atoms with E-state index in [0.717, 1.165) is 27.8 Å². The zero-order chi connectivity index (χ0) is 15.0. The summed E-state index contributed by atoms with van der Waals surface area (Å²) >= 11 is 1.55. The maximum absolute atomic E-state index is 6.00. The first-order valence-electron chi connectivity index (χ1n) is 6.92. The molecule has 1 aromatic carbocycles. The molecule has 1 unspecified atom stereocenters. The van der Waals surface area contributed by atoms with Crippen molar-refractivity contribution in [3.63, 3.8) is 0 Å². The van der Waals surface area contributed by atoms with Crippen LogP contribution in [0.3, 0.4) is 0 Å². The number of benzene rings is 1. The number of aromatic nitrogens is 3. The van der Waals surface area contributed by atoms with Crippen molar-refractivity contribution in [1.82, 2.24) is 14.6 Å². The lowest BCUT2D eigenvalue weighted by molar-refractivity contribution is 0.243. The Balaban J connectivity index is 2.19. The van der Waals surface area contributed by atoms with Crippen LogP contribution in [0.2, 0.25) is 0 Å². The third kappa shape index (κ3) is 2.52. The Labute approximate surface area is 127 Å². The van der Waals surface area contributed by atoms with Gasteiger partial charge in [0.05, 0.1) is 17.8 Å². The molecule has 0 bridgehead atoms. The molecule has 5 nitrogen and oxygen atoms in total. The smallest absolute Gasteiger partial charge is 0.216 e. The molecule has 0 aliphatic rings. The lowest BCUT2D eigenvalue weighted by atomic mass is 10.1. The zero-order valence-corrected chi connectivity index (χ0v) is 13.1. The Morgan fingerprint density at radius 1 is 1.19 bits per heavy atom. The minimum atomic E-state index is -0.175. The maximum Gasteiger partial charge on any atom is 0.216 e. The fourth-order valence-corrected chi connectivity index (χ4v) is 3.09. The van der Waals surface area contributed by atoms with Gasteiger partial charge in [-0.3, -0.25) is 4.40 Å². The Hall–Kier alpha value is -1.92. The fourth-order valence-electron chi connectivity index (χ4n) is 2.26. The predicted octanol–water partition coefficient (Wildman–Crippen LogP) is 3.26. The lowest BCUT2D eigenvalue weighted by Gasteiger charge is -2.14. The van der Waals surface area contributed by atoms with Crippen molar-refractivity contribution < 1.29 is 4.74 Å². The number of nitrogens with two attached hydrogens (primary N) is 1. The highest BCUT2D eigenvalue weighted by Gasteiger charge is 2.18. The van der Waals surface area contributed by atoms with Crippen LogP contribution in [0.1, 0.15) is 32.6 Å². The van der Waals surface area contributed by atoms with Crippen LogP contribution in [-0.2, 0) is 0 Å². The second kappa shape index (κ2) is 5.46. The van der Waals surface area contributed by atoms with Crippen molar-refractivity contribution >= 4 is 16.3 Å². The molecular formula is C15H18N4OS. The maximum atomic E-state index is 6.00. The first-order chi connectivity index (χ1) is 10.1. The van der Waals surface area contributed by atoms with Gasteiger partial charge in [-0.2, -0.15) is 0 Å². The van der Waals surface area contributed by atoms with Crippen LogP contribution in [0.25, 0.3) is 16.2 Å². The Bertz CT molecular complexity index is 760. The van der Waals surface area contributed by atoms with E-state index in [1.807, 2.05) is 49.4 Å². The summed E-state index contributed by atoms with van der Waals surface area (Å²) in [6.45, 7) is 5.95. The summed E-state index contributed by atoms with van der Waals surface area (Å²) in [4.78, 5) is 0.844. The van der Waals surface area contributed by atoms with E-state index >= 15 is 0 Å². The monoisotopic (exact) mass is 302 g/mol. The summed E-state index contributed by atoms with van der Waals surface area (Å²) in [5, 5.41) is 10.4. The van der Waals surface area contributed by atoms with Gasteiger partial charge in [0.25, 0.3) is 0 Å². The molecule has 3 rings (SSSR count). The number of para-hydroxylation sites is 1. The number of fused-ring (bicyclic) bond motifs is 1. The van der Waals surface area contributed by atoms with Gasteiger partial charge in [0.2, 0.25) is 4.96 Å². The molecule has 2 heterocycles. The van der Waals surface area contributed by atoms with Crippen LogP contribution >= 0.6 is 11.3 Å². The van der Waals surface area contributed by atoms with Crippen LogP contribution in [0, 0.1) is 0 Å². The molecule has 0 aliphatic carbocycles. The van der Waals surface area contributed by atoms with Gasteiger partial charge in [0.15, 0.2) is 5.82 Å². The number of thiazole rings is 1. The average Bonchev–Trinajstić information content (AvgIpc) is 2.99. The summed E-state index contributed by atoms with van der Waals surface area (Å²) in [6, 6.07) is 7.83. The van der Waals surface area contributed by atoms with Crippen molar-refractivity contribution in [3.8, 4) is 17.0 Å². The molecule has 0 spiro atoms. The van der Waals surface area contributed by atoms with E-state index in [1.165, 1.54) is 0 Å². The number of nitrogens with zero attached hydrogens (tertiary/aromatic N) is 3. The number of ether oxygens (including phenoxy) is 1. The normalized spacial score (nSPS) is 13.0. The van der Waals surface area contributed by atoms with Crippen molar-refractivity contribution in [2.75, 3.05) is 0 Å². The first kappa shape index (κ1) is 14.0. The van der Waals surface area contributed by atoms with Gasteiger partial charge in [-0.25, -0.2) is 0 Å². The third-order valence-electron chi connectivity index (χ3n) is 3.11. The highest BCUT2D eigenvalue weighted by atomic mass is 32.1. The fraction of sp³-hybridized carbons (Fsp3) is 0.333. The molecule has 2 aromatic heterocycles. The highest BCUT2D eigenvalue weighted by molar-refractivity contribution is 7.15. The number of hydrogen-bond donors (Lipinski definition) is 1. The summed E-state index contributed by atoms with van der Waals surface area (Å²) < 4.78 is 7.93. The molecule has 0 amide bonds. The molecule has 0 fully saturated rings. The van der Waals surface area contributed by atoms with E-state index in [1.54, 1.807) is 11.3 Å². The Morgan fingerprint density at radius 3 is 2.67 bits per heavy atom. The van der Waals surface area contributed by atoms with Gasteiger partial charge in [0, 0.05) is 10.9 Å². The van der Waals surface area contributed by atoms with E-state index in [-0.39, 0.29) is 12.1 Å². The molecule has 0 saturated heterocycles. The van der Waals surface area contributed by atoms with E-state index < -0.39 is 0 Å². The van der Waals surface area contributed by atoms with Crippen molar-refractivity contribution in [2.45, 2.75) is 32.9 Å². The predicted molar refractivity (Wildman–Crippen MR) is 84.7 cm³/mol. The largest absolute Gasteiger partial charge is 0.490 e. The third-order valence-corrected chi connectivity index (χ3v) is 3.92. The highest BCUT2D eigenvalue weighted by Crippen LogP contribution is 2.34. The Kier molecular flexibility index (Phi) is 3.65. The number of hydrogen-bond acceptors (Lipinski definition) is 5. The summed E-state index contributed by atoms with van der Waals surface area (Å²) in [5.74, 6) is 1.62. The summed E-state index contributed by atoms with van der Waals surface area (Å²) in [6.07, 6.45) is 0.120. The van der Waals surface area contributed by atoms with Gasteiger partial charge in [-0.15, -0.1) is 21.5 Å². The van der Waals surface area contributed by atoms with Crippen molar-refractivity contribution in [3.05, 3.63) is 35.5 Å². The van der Waals surface area contributed by atoms with Crippen molar-refractivity contribution in [1.29, 1.82) is 0 Å². The van der Waals surface area contributed by atoms with Gasteiger partial charge in [-0.05, 0) is 32.9 Å². The minimum absolute atomic E-state index is 0.120. The molecule has 1 atom stereocenters. The van der Waals surface area contributed by atoms with E-state index in [4.69, 9.17) is 10.5 Å². The van der Waals surface area contributed by atoms with E-state index in [9.17, 15) is 0 Å². The molecule has 0 aliphatic heterocycles. The van der Waals surface area contributed by atoms with E-state index in [0.29, 0.717) is 0 Å². The van der Waals surface area contributed by atoms with E-state index in [2.05, 4.69) is 15.6 Å². The molecule has 0 saturated carbocycles. The van der Waals surface area contributed by atoms with Crippen LogP contribution < -0.4 is 10.5 Å². The van der Waals surface area contributed by atoms with Crippen LogP contribution in [-0.4, -0.2) is 20.7 Å². The second-order valence-corrected chi connectivity index (χ2v) is 6.09. The quantitative estimate of drug-likeness (QED) is 0.803. The standard InChI is InChI=1S/C15H18N4OS/c1-9(2)20-13-7-5-4-6-11(13)12-8-21-15-18-17-14(10(3)16)19(12)15/h4-10H,16H2,1-3H3. The molecule has 2 N–H and O–H groups in total. The molecule has 21 heavy (non-hydrogen) atoms. The Morgan fingerprint density at radius 2 is 1.95 bits per heavy atom. The molecule has 110 valence electrons. The first-order valence-corrected chi connectivity index (χ1v) is 7.80. The minimum Gasteiger partial charge on any atom is -0.490 e. The summed E-state index contributed by atoms with van der Waals surface area (Å²) in [5.41, 5.74) is 8.04. The molecule has 6 heteroatoms. The van der Waals surface area contributed by atoms with Crippen LogP contribution in [0.15, 0.2) is 29.6 Å². The molecule has 3 aromatic rings. The van der Waals surface area contributed by atoms with Crippen LogP contribution in [0.5, 0.6) is 5.75 Å². The van der Waals surface area contributed by atoms with Crippen molar-refractivity contribution in [2.24, 2.45) is 5.73 Å². The number of rotatable bonds is 4. The second-order valence-electron chi connectivity index (χ2n) is 5.25. The lowest BCUT2D eigenvalue weighted by Crippen LogP contribution is -2.10. The summed E-state index contributed by atoms with van der Waals surface area (Å²) in [7, 11) is 0. The topological polar surface area (TPSA) is 65.4 Å².